The van der Waals surface area contributed by atoms with E-state index in [0.717, 1.165) is 11.4 Å². The highest BCUT2D eigenvalue weighted by atomic mass is 32.2. The van der Waals surface area contributed by atoms with Crippen molar-refractivity contribution in [2.24, 2.45) is 0 Å². The molecule has 1 aromatic carbocycles. The lowest BCUT2D eigenvalue weighted by Gasteiger charge is -2.40. The summed E-state index contributed by atoms with van der Waals surface area (Å²) in [7, 11) is -3.08. The number of anilines is 2. The lowest BCUT2D eigenvalue weighted by molar-refractivity contribution is 0.345. The second-order valence-electron chi connectivity index (χ2n) is 4.75. The summed E-state index contributed by atoms with van der Waals surface area (Å²) in [5, 5.41) is 0. The van der Waals surface area contributed by atoms with Gasteiger partial charge in [-0.05, 0) is 31.2 Å². The first-order valence-corrected chi connectivity index (χ1v) is 7.80. The molecule has 0 saturated carbocycles. The van der Waals surface area contributed by atoms with Crippen LogP contribution in [0.5, 0.6) is 0 Å². The zero-order valence-electron chi connectivity index (χ0n) is 10.7. The van der Waals surface area contributed by atoms with Crippen molar-refractivity contribution in [2.45, 2.75) is 13.0 Å². The fraction of sp³-hybridized carbons (Fsp3) is 0.500. The minimum absolute atomic E-state index is 0.164. The van der Waals surface area contributed by atoms with E-state index in [1.807, 2.05) is 31.2 Å². The predicted octanol–water partition coefficient (Wildman–Crippen LogP) is 0.739. The molecule has 0 amide bonds. The zero-order chi connectivity index (χ0) is 13.3. The molecule has 1 saturated heterocycles. The predicted molar refractivity (Wildman–Crippen MR) is 74.1 cm³/mol. The van der Waals surface area contributed by atoms with E-state index < -0.39 is 10.0 Å². The molecule has 1 aliphatic rings. The van der Waals surface area contributed by atoms with Crippen LogP contribution in [-0.4, -0.2) is 44.7 Å². The molecule has 1 aromatic rings. The minimum Gasteiger partial charge on any atom is -0.399 e. The molecule has 1 atom stereocenters. The second-order valence-corrected chi connectivity index (χ2v) is 6.74. The van der Waals surface area contributed by atoms with Crippen LogP contribution in [0.4, 0.5) is 11.4 Å². The van der Waals surface area contributed by atoms with Gasteiger partial charge in [-0.25, -0.2) is 8.42 Å². The molecule has 1 heterocycles. The van der Waals surface area contributed by atoms with E-state index in [9.17, 15) is 8.42 Å². The quantitative estimate of drug-likeness (QED) is 0.804. The lowest BCUT2D eigenvalue weighted by atomic mass is 10.1. The molecular weight excluding hydrogens is 250 g/mol. The first-order valence-electron chi connectivity index (χ1n) is 5.95. The lowest BCUT2D eigenvalue weighted by Crippen LogP contribution is -2.53. The zero-order valence-corrected chi connectivity index (χ0v) is 11.5. The van der Waals surface area contributed by atoms with Crippen molar-refractivity contribution in [1.82, 2.24) is 4.31 Å². The van der Waals surface area contributed by atoms with Crippen molar-refractivity contribution in [3.8, 4) is 0 Å². The molecule has 1 fully saturated rings. The van der Waals surface area contributed by atoms with Crippen molar-refractivity contribution >= 4 is 21.4 Å². The Bertz CT molecular complexity index is 513. The molecule has 1 aliphatic heterocycles. The highest BCUT2D eigenvalue weighted by molar-refractivity contribution is 7.88. The molecule has 2 rings (SSSR count). The van der Waals surface area contributed by atoms with E-state index in [1.54, 1.807) is 0 Å². The third-order valence-electron chi connectivity index (χ3n) is 3.28. The first-order chi connectivity index (χ1) is 8.38. The van der Waals surface area contributed by atoms with Gasteiger partial charge in [0.25, 0.3) is 0 Å². The molecule has 0 radical (unpaired) electrons. The molecule has 0 aliphatic carbocycles. The summed E-state index contributed by atoms with van der Waals surface area (Å²) in [6, 6.07) is 7.84. The molecule has 0 spiro atoms. The average Bonchev–Trinajstić information content (AvgIpc) is 2.29. The number of nitrogen functional groups attached to an aromatic ring is 1. The van der Waals surface area contributed by atoms with E-state index in [4.69, 9.17) is 5.73 Å². The maximum atomic E-state index is 11.5. The molecule has 0 aromatic heterocycles. The molecule has 2 N–H and O–H groups in total. The van der Waals surface area contributed by atoms with Gasteiger partial charge in [-0.3, -0.25) is 0 Å². The Morgan fingerprint density at radius 1 is 1.22 bits per heavy atom. The standard InChI is InChI=1S/C12H19N3O2S/c1-10-9-14(18(2,16)17)7-8-15(10)12-5-3-11(13)4-6-12/h3-6,10H,7-9,13H2,1-2H3. The van der Waals surface area contributed by atoms with Crippen molar-refractivity contribution in [2.75, 3.05) is 36.5 Å². The van der Waals surface area contributed by atoms with Gasteiger partial charge in [0.05, 0.1) is 6.26 Å². The number of hydrogen-bond donors (Lipinski definition) is 1. The second kappa shape index (κ2) is 4.78. The summed E-state index contributed by atoms with van der Waals surface area (Å²) >= 11 is 0. The van der Waals surface area contributed by atoms with Gasteiger partial charge in [-0.2, -0.15) is 4.31 Å². The number of benzene rings is 1. The summed E-state index contributed by atoms with van der Waals surface area (Å²) < 4.78 is 24.6. The van der Waals surface area contributed by atoms with Gasteiger partial charge in [0.15, 0.2) is 0 Å². The average molecular weight is 269 g/mol. The smallest absolute Gasteiger partial charge is 0.211 e. The van der Waals surface area contributed by atoms with Crippen LogP contribution >= 0.6 is 0 Å². The van der Waals surface area contributed by atoms with E-state index in [-0.39, 0.29) is 6.04 Å². The Balaban J connectivity index is 2.12. The topological polar surface area (TPSA) is 66.6 Å². The number of rotatable bonds is 2. The molecule has 1 unspecified atom stereocenters. The van der Waals surface area contributed by atoms with Crippen molar-refractivity contribution < 1.29 is 8.42 Å². The van der Waals surface area contributed by atoms with Gasteiger partial charge in [0, 0.05) is 37.1 Å². The van der Waals surface area contributed by atoms with Crippen LogP contribution in [0.1, 0.15) is 6.92 Å². The number of nitrogens with two attached hydrogens (primary N) is 1. The van der Waals surface area contributed by atoms with Crippen LogP contribution in [0.2, 0.25) is 0 Å². The van der Waals surface area contributed by atoms with Gasteiger partial charge in [0.2, 0.25) is 10.0 Å². The number of piperazine rings is 1. The monoisotopic (exact) mass is 269 g/mol. The van der Waals surface area contributed by atoms with Crippen LogP contribution in [0.15, 0.2) is 24.3 Å². The Morgan fingerprint density at radius 2 is 1.83 bits per heavy atom. The van der Waals surface area contributed by atoms with E-state index >= 15 is 0 Å². The Labute approximate surface area is 108 Å². The molecular formula is C12H19N3O2S. The van der Waals surface area contributed by atoms with Crippen LogP contribution in [-0.2, 0) is 10.0 Å². The van der Waals surface area contributed by atoms with Crippen LogP contribution < -0.4 is 10.6 Å². The van der Waals surface area contributed by atoms with Gasteiger partial charge >= 0.3 is 0 Å². The van der Waals surface area contributed by atoms with E-state index in [2.05, 4.69) is 4.90 Å². The highest BCUT2D eigenvalue weighted by Gasteiger charge is 2.28. The SMILES string of the molecule is CC1CN(S(C)(=O)=O)CCN1c1ccc(N)cc1. The largest absolute Gasteiger partial charge is 0.399 e. The van der Waals surface area contributed by atoms with Gasteiger partial charge in [0.1, 0.15) is 0 Å². The number of sulfonamides is 1. The fourth-order valence-corrected chi connectivity index (χ4v) is 3.17. The summed E-state index contributed by atoms with van der Waals surface area (Å²) in [4.78, 5) is 2.21. The third-order valence-corrected chi connectivity index (χ3v) is 4.55. The van der Waals surface area contributed by atoms with E-state index in [0.29, 0.717) is 19.6 Å². The number of nitrogens with zero attached hydrogens (tertiary/aromatic N) is 2. The van der Waals surface area contributed by atoms with Crippen molar-refractivity contribution in [3.05, 3.63) is 24.3 Å². The summed E-state index contributed by atoms with van der Waals surface area (Å²) in [5.74, 6) is 0. The Kier molecular flexibility index (Phi) is 3.49. The van der Waals surface area contributed by atoms with Gasteiger partial charge in [-0.1, -0.05) is 0 Å². The van der Waals surface area contributed by atoms with Crippen molar-refractivity contribution in [1.29, 1.82) is 0 Å². The first kappa shape index (κ1) is 13.2. The summed E-state index contributed by atoms with van der Waals surface area (Å²) in [5.41, 5.74) is 7.49. The molecule has 18 heavy (non-hydrogen) atoms. The maximum Gasteiger partial charge on any atom is 0.211 e. The van der Waals surface area contributed by atoms with Crippen LogP contribution in [0.3, 0.4) is 0 Å². The normalized spacial score (nSPS) is 22.1. The summed E-state index contributed by atoms with van der Waals surface area (Å²) in [6.45, 7) is 3.81. The van der Waals surface area contributed by atoms with Gasteiger partial charge < -0.3 is 10.6 Å². The Hall–Kier alpha value is -1.27. The van der Waals surface area contributed by atoms with Crippen LogP contribution in [0, 0.1) is 0 Å². The van der Waals surface area contributed by atoms with Gasteiger partial charge in [-0.15, -0.1) is 0 Å². The molecule has 5 nitrogen and oxygen atoms in total. The molecule has 100 valence electrons. The highest BCUT2D eigenvalue weighted by Crippen LogP contribution is 2.22. The number of hydrogen-bond acceptors (Lipinski definition) is 4. The molecule has 6 heteroatoms. The van der Waals surface area contributed by atoms with Crippen molar-refractivity contribution in [3.63, 3.8) is 0 Å². The van der Waals surface area contributed by atoms with E-state index in [1.165, 1.54) is 10.6 Å². The summed E-state index contributed by atoms with van der Waals surface area (Å²) in [6.07, 6.45) is 1.26. The van der Waals surface area contributed by atoms with Crippen LogP contribution in [0.25, 0.3) is 0 Å². The minimum atomic E-state index is -3.08. The third kappa shape index (κ3) is 2.76. The Morgan fingerprint density at radius 3 is 2.33 bits per heavy atom. The molecule has 0 bridgehead atoms. The maximum absolute atomic E-state index is 11.5. The fourth-order valence-electron chi connectivity index (χ4n) is 2.27.